The van der Waals surface area contributed by atoms with E-state index in [0.717, 1.165) is 12.1 Å². The Morgan fingerprint density at radius 2 is 1.85 bits per heavy atom. The van der Waals surface area contributed by atoms with Crippen molar-refractivity contribution in [2.45, 2.75) is 0 Å². The molecule has 3 nitrogen and oxygen atoms in total. The Morgan fingerprint density at radius 3 is 2.31 bits per heavy atom. The molecule has 1 aromatic rings. The van der Waals surface area contributed by atoms with Crippen LogP contribution >= 0.6 is 0 Å². The lowest BCUT2D eigenvalue weighted by Crippen LogP contribution is -2.02. The standard InChI is InChI=1S/C8H4F2N2O/c9-6-1-5(2-7(10)3-6)8(13)4-12-11/h1-4H. The molecule has 0 aliphatic rings. The fourth-order valence-corrected chi connectivity index (χ4v) is 0.823. The Morgan fingerprint density at radius 1 is 1.31 bits per heavy atom. The van der Waals surface area contributed by atoms with Gasteiger partial charge in [-0.25, -0.2) is 8.78 Å². The Hall–Kier alpha value is -1.87. The number of carbonyl (C=O) groups is 1. The molecule has 13 heavy (non-hydrogen) atoms. The third-order valence-corrected chi connectivity index (χ3v) is 1.32. The molecule has 5 heteroatoms. The zero-order valence-corrected chi connectivity index (χ0v) is 6.37. The largest absolute Gasteiger partial charge is 0.361 e. The highest BCUT2D eigenvalue weighted by atomic mass is 19.1. The van der Waals surface area contributed by atoms with Gasteiger partial charge in [-0.15, -0.1) is 0 Å². The Labute approximate surface area is 72.2 Å². The summed E-state index contributed by atoms with van der Waals surface area (Å²) in [5, 5.41) is 0. The molecule has 0 unspecified atom stereocenters. The summed E-state index contributed by atoms with van der Waals surface area (Å²) < 4.78 is 25.1. The van der Waals surface area contributed by atoms with Crippen molar-refractivity contribution in [2.24, 2.45) is 0 Å². The normalized spacial score (nSPS) is 9.08. The SMILES string of the molecule is [N-]=[N+]=CC(=O)c1cc(F)cc(F)c1. The van der Waals surface area contributed by atoms with Gasteiger partial charge in [0, 0.05) is 11.6 Å². The van der Waals surface area contributed by atoms with Crippen molar-refractivity contribution >= 4 is 12.0 Å². The minimum Gasteiger partial charge on any atom is -0.361 e. The number of halogens is 2. The van der Waals surface area contributed by atoms with Crippen molar-refractivity contribution in [3.63, 3.8) is 0 Å². The van der Waals surface area contributed by atoms with Crippen molar-refractivity contribution in [3.8, 4) is 0 Å². The fourth-order valence-electron chi connectivity index (χ4n) is 0.823. The van der Waals surface area contributed by atoms with E-state index in [1.807, 2.05) is 0 Å². The Kier molecular flexibility index (Phi) is 2.62. The van der Waals surface area contributed by atoms with Gasteiger partial charge in [0.1, 0.15) is 11.6 Å². The summed E-state index contributed by atoms with van der Waals surface area (Å²) in [6.07, 6.45) is 0.564. The first-order chi connectivity index (χ1) is 6.13. The molecule has 0 saturated heterocycles. The van der Waals surface area contributed by atoms with Crippen LogP contribution < -0.4 is 0 Å². The van der Waals surface area contributed by atoms with Crippen LogP contribution in [0.25, 0.3) is 5.53 Å². The minimum absolute atomic E-state index is 0.199. The molecule has 0 saturated carbocycles. The number of hydrogen-bond donors (Lipinski definition) is 0. The van der Waals surface area contributed by atoms with Crippen LogP contribution in [0.15, 0.2) is 18.2 Å². The van der Waals surface area contributed by atoms with Gasteiger partial charge in [0.15, 0.2) is 0 Å². The second kappa shape index (κ2) is 3.69. The van der Waals surface area contributed by atoms with E-state index < -0.39 is 17.4 Å². The minimum atomic E-state index is -0.852. The van der Waals surface area contributed by atoms with Gasteiger partial charge in [0.05, 0.1) is 0 Å². The highest BCUT2D eigenvalue weighted by Crippen LogP contribution is 2.07. The van der Waals surface area contributed by atoms with E-state index in [1.54, 1.807) is 0 Å². The monoisotopic (exact) mass is 182 g/mol. The van der Waals surface area contributed by atoms with E-state index in [0.29, 0.717) is 12.3 Å². The summed E-state index contributed by atoms with van der Waals surface area (Å²) in [7, 11) is 0. The fraction of sp³-hybridized carbons (Fsp3) is 0. The van der Waals surface area contributed by atoms with Gasteiger partial charge in [-0.05, 0) is 12.1 Å². The lowest BCUT2D eigenvalue weighted by molar-refractivity contribution is 0.00234. The molecule has 0 heterocycles. The van der Waals surface area contributed by atoms with Gasteiger partial charge in [0.25, 0.3) is 5.78 Å². The van der Waals surface area contributed by atoms with Crippen LogP contribution in [0.4, 0.5) is 8.78 Å². The van der Waals surface area contributed by atoms with Crippen LogP contribution in [0.1, 0.15) is 10.4 Å². The molecule has 1 rings (SSSR count). The molecule has 0 amide bonds. The number of nitrogens with zero attached hydrogens (tertiary/aromatic N) is 2. The van der Waals surface area contributed by atoms with Crippen molar-refractivity contribution in [1.82, 2.24) is 0 Å². The summed E-state index contributed by atoms with van der Waals surface area (Å²) >= 11 is 0. The maximum atomic E-state index is 12.5. The summed E-state index contributed by atoms with van der Waals surface area (Å²) in [6.45, 7) is 0. The van der Waals surface area contributed by atoms with Gasteiger partial charge >= 0.3 is 6.21 Å². The number of ketones is 1. The van der Waals surface area contributed by atoms with Crippen LogP contribution in [-0.4, -0.2) is 16.8 Å². The van der Waals surface area contributed by atoms with Crippen LogP contribution in [-0.2, 0) is 0 Å². The van der Waals surface area contributed by atoms with Crippen molar-refractivity contribution < 1.29 is 18.4 Å². The highest BCUT2D eigenvalue weighted by Gasteiger charge is 2.09. The van der Waals surface area contributed by atoms with Crippen LogP contribution in [0.3, 0.4) is 0 Å². The van der Waals surface area contributed by atoms with Crippen LogP contribution in [0, 0.1) is 11.6 Å². The average molecular weight is 182 g/mol. The topological polar surface area (TPSA) is 53.5 Å². The number of carbonyl (C=O) groups excluding carboxylic acids is 1. The third kappa shape index (κ3) is 2.28. The van der Waals surface area contributed by atoms with Crippen molar-refractivity contribution in [3.05, 3.63) is 40.9 Å². The van der Waals surface area contributed by atoms with Gasteiger partial charge in [-0.3, -0.25) is 4.79 Å². The summed E-state index contributed by atoms with van der Waals surface area (Å²) in [5.74, 6) is -2.47. The number of hydrogen-bond acceptors (Lipinski definition) is 1. The zero-order valence-electron chi connectivity index (χ0n) is 6.37. The number of rotatable bonds is 2. The predicted octanol–water partition coefficient (Wildman–Crippen LogP) is 1.45. The first kappa shape index (κ1) is 9.22. The van der Waals surface area contributed by atoms with Crippen molar-refractivity contribution in [2.75, 3.05) is 0 Å². The summed E-state index contributed by atoms with van der Waals surface area (Å²) in [5.41, 5.74) is 7.80. The first-order valence-electron chi connectivity index (χ1n) is 3.31. The molecule has 0 bridgehead atoms. The molecule has 66 valence electrons. The van der Waals surface area contributed by atoms with E-state index in [2.05, 4.69) is 4.79 Å². The molecule has 0 aliphatic heterocycles. The molecule has 0 spiro atoms. The average Bonchev–Trinajstić information content (AvgIpc) is 2.03. The lowest BCUT2D eigenvalue weighted by atomic mass is 10.1. The van der Waals surface area contributed by atoms with Gasteiger partial charge < -0.3 is 5.53 Å². The smallest absolute Gasteiger partial charge is 0.328 e. The summed E-state index contributed by atoms with van der Waals surface area (Å²) in [6, 6.07) is 2.35. The zero-order chi connectivity index (χ0) is 9.84. The second-order valence-corrected chi connectivity index (χ2v) is 2.27. The molecule has 0 atom stereocenters. The van der Waals surface area contributed by atoms with Crippen molar-refractivity contribution in [1.29, 1.82) is 0 Å². The predicted molar refractivity (Wildman–Crippen MR) is 40.4 cm³/mol. The molecular weight excluding hydrogens is 178 g/mol. The first-order valence-corrected chi connectivity index (χ1v) is 3.31. The molecule has 0 radical (unpaired) electrons. The lowest BCUT2D eigenvalue weighted by Gasteiger charge is -1.93. The Balaban J connectivity index is 3.15. The third-order valence-electron chi connectivity index (χ3n) is 1.32. The second-order valence-electron chi connectivity index (χ2n) is 2.27. The van der Waals surface area contributed by atoms with Gasteiger partial charge in [-0.1, -0.05) is 0 Å². The molecule has 0 fully saturated rings. The molecular formula is C8H4F2N2O. The maximum absolute atomic E-state index is 12.5. The van der Waals surface area contributed by atoms with E-state index in [-0.39, 0.29) is 5.56 Å². The van der Waals surface area contributed by atoms with E-state index in [9.17, 15) is 13.6 Å². The van der Waals surface area contributed by atoms with Gasteiger partial charge in [0.2, 0.25) is 0 Å². The van der Waals surface area contributed by atoms with Crippen LogP contribution in [0.5, 0.6) is 0 Å². The molecule has 0 N–H and O–H groups in total. The molecule has 0 aliphatic carbocycles. The molecule has 1 aromatic carbocycles. The quantitative estimate of drug-likeness (QED) is 0.295. The molecule has 0 aromatic heterocycles. The Bertz CT molecular complexity index is 377. The van der Waals surface area contributed by atoms with E-state index in [1.165, 1.54) is 0 Å². The summed E-state index contributed by atoms with van der Waals surface area (Å²) in [4.78, 5) is 13.4. The number of benzene rings is 1. The van der Waals surface area contributed by atoms with E-state index >= 15 is 0 Å². The van der Waals surface area contributed by atoms with Gasteiger partial charge in [-0.2, -0.15) is 4.79 Å². The highest BCUT2D eigenvalue weighted by molar-refractivity contribution is 6.33. The van der Waals surface area contributed by atoms with E-state index in [4.69, 9.17) is 5.53 Å². The number of Topliss-reactive ketones (excluding diaryl/α,β-unsaturated/α-hetero) is 1. The van der Waals surface area contributed by atoms with Crippen LogP contribution in [0.2, 0.25) is 0 Å². The maximum Gasteiger partial charge on any atom is 0.328 e.